The number of nitriles is 1. The van der Waals surface area contributed by atoms with Crippen molar-refractivity contribution in [1.29, 1.82) is 5.26 Å². The van der Waals surface area contributed by atoms with E-state index >= 15 is 0 Å². The van der Waals surface area contributed by atoms with E-state index in [1.165, 1.54) is 5.56 Å². The van der Waals surface area contributed by atoms with Gasteiger partial charge in [-0.1, -0.05) is 194 Å². The minimum absolute atomic E-state index is 0.562. The summed E-state index contributed by atoms with van der Waals surface area (Å²) in [7, 11) is 0. The monoisotopic (exact) mass is 968 g/mol. The molecular formula is C70H44N6. The minimum Gasteiger partial charge on any atom is -0.309 e. The molecule has 6 heteroatoms. The summed E-state index contributed by atoms with van der Waals surface area (Å²) >= 11 is 0. The Kier molecular flexibility index (Phi) is 10.8. The smallest absolute Gasteiger partial charge is 0.164 e. The molecule has 0 N–H and O–H groups in total. The molecule has 0 radical (unpaired) electrons. The summed E-state index contributed by atoms with van der Waals surface area (Å²) in [5.74, 6) is 1.75. The maximum Gasteiger partial charge on any atom is 0.164 e. The van der Waals surface area contributed by atoms with E-state index in [1.54, 1.807) is 0 Å². The number of hydrogen-bond acceptors (Lipinski definition) is 4. The summed E-state index contributed by atoms with van der Waals surface area (Å²) < 4.78 is 4.84. The van der Waals surface area contributed by atoms with Crippen LogP contribution in [0.15, 0.2) is 267 Å². The zero-order valence-corrected chi connectivity index (χ0v) is 41.1. The van der Waals surface area contributed by atoms with Crippen LogP contribution in [0.5, 0.6) is 0 Å². The van der Waals surface area contributed by atoms with E-state index < -0.39 is 0 Å². The van der Waals surface area contributed by atoms with Crippen molar-refractivity contribution in [2.75, 3.05) is 0 Å². The molecule has 3 heterocycles. The maximum atomic E-state index is 10.1. The highest BCUT2D eigenvalue weighted by molar-refractivity contribution is 6.13. The van der Waals surface area contributed by atoms with Crippen LogP contribution in [0.1, 0.15) is 5.56 Å². The molecule has 0 bridgehead atoms. The van der Waals surface area contributed by atoms with Crippen molar-refractivity contribution in [2.24, 2.45) is 0 Å². The van der Waals surface area contributed by atoms with E-state index in [1.807, 2.05) is 78.9 Å². The highest BCUT2D eigenvalue weighted by atomic mass is 15.0. The van der Waals surface area contributed by atoms with Gasteiger partial charge in [-0.15, -0.1) is 0 Å². The molecule has 0 aliphatic rings. The number of aromatic nitrogens is 5. The lowest BCUT2D eigenvalue weighted by molar-refractivity contribution is 1.07. The molecule has 3 aromatic heterocycles. The molecule has 76 heavy (non-hydrogen) atoms. The van der Waals surface area contributed by atoms with Crippen molar-refractivity contribution in [2.45, 2.75) is 0 Å². The lowest BCUT2D eigenvalue weighted by Gasteiger charge is -2.21. The van der Waals surface area contributed by atoms with E-state index in [0.29, 0.717) is 23.0 Å². The van der Waals surface area contributed by atoms with Crippen LogP contribution < -0.4 is 0 Å². The van der Waals surface area contributed by atoms with Gasteiger partial charge >= 0.3 is 0 Å². The van der Waals surface area contributed by atoms with Crippen molar-refractivity contribution < 1.29 is 0 Å². The Hall–Kier alpha value is -10.5. The second-order valence-electron chi connectivity index (χ2n) is 19.1. The molecule has 14 rings (SSSR count). The van der Waals surface area contributed by atoms with Crippen molar-refractivity contribution in [3.63, 3.8) is 0 Å². The van der Waals surface area contributed by atoms with Crippen LogP contribution >= 0.6 is 0 Å². The predicted molar refractivity (Wildman–Crippen MR) is 311 cm³/mol. The molecular weight excluding hydrogens is 925 g/mol. The molecule has 0 saturated heterocycles. The molecule has 0 fully saturated rings. The fourth-order valence-corrected chi connectivity index (χ4v) is 11.0. The molecule has 0 aliphatic heterocycles. The van der Waals surface area contributed by atoms with Gasteiger partial charge in [-0.25, -0.2) is 15.0 Å². The maximum absolute atomic E-state index is 10.1. The van der Waals surface area contributed by atoms with E-state index in [0.717, 1.165) is 111 Å². The lowest BCUT2D eigenvalue weighted by Crippen LogP contribution is -2.04. The third-order valence-corrected chi connectivity index (χ3v) is 14.6. The predicted octanol–water partition coefficient (Wildman–Crippen LogP) is 17.6. The quantitative estimate of drug-likeness (QED) is 0.144. The van der Waals surface area contributed by atoms with E-state index in [9.17, 15) is 5.26 Å². The molecule has 11 aromatic carbocycles. The molecule has 354 valence electrons. The van der Waals surface area contributed by atoms with Gasteiger partial charge in [0.15, 0.2) is 17.5 Å². The summed E-state index contributed by atoms with van der Waals surface area (Å²) in [6, 6.07) is 96.1. The molecule has 6 nitrogen and oxygen atoms in total. The largest absolute Gasteiger partial charge is 0.309 e. The summed E-state index contributed by atoms with van der Waals surface area (Å²) in [6.07, 6.45) is 0. The molecule has 0 aliphatic carbocycles. The second-order valence-corrected chi connectivity index (χ2v) is 19.1. The Morgan fingerprint density at radius 1 is 0.263 bits per heavy atom. The highest BCUT2D eigenvalue weighted by Gasteiger charge is 2.24. The zero-order chi connectivity index (χ0) is 50.5. The van der Waals surface area contributed by atoms with Crippen molar-refractivity contribution in [1.82, 2.24) is 24.1 Å². The first-order chi connectivity index (χ1) is 37.6. The van der Waals surface area contributed by atoms with Crippen LogP contribution in [0.4, 0.5) is 0 Å². The molecule has 0 saturated carbocycles. The Bertz CT molecular complexity index is 4510. The van der Waals surface area contributed by atoms with Gasteiger partial charge in [0.1, 0.15) is 0 Å². The third-order valence-electron chi connectivity index (χ3n) is 14.6. The fourth-order valence-electron chi connectivity index (χ4n) is 11.0. The summed E-state index contributed by atoms with van der Waals surface area (Å²) in [5, 5.41) is 14.7. The van der Waals surface area contributed by atoms with Gasteiger partial charge in [0.05, 0.1) is 45.1 Å². The number of benzene rings is 11. The van der Waals surface area contributed by atoms with Gasteiger partial charge < -0.3 is 9.13 Å². The fraction of sp³-hybridized carbons (Fsp3) is 0. The molecule has 0 spiro atoms. The summed E-state index contributed by atoms with van der Waals surface area (Å²) in [4.78, 5) is 15.6. The Morgan fingerprint density at radius 3 is 1.21 bits per heavy atom. The van der Waals surface area contributed by atoms with Crippen molar-refractivity contribution >= 4 is 43.6 Å². The van der Waals surface area contributed by atoms with Crippen LogP contribution in [-0.4, -0.2) is 24.1 Å². The van der Waals surface area contributed by atoms with Crippen molar-refractivity contribution in [3.05, 3.63) is 272 Å². The van der Waals surface area contributed by atoms with Gasteiger partial charge in [0.2, 0.25) is 0 Å². The van der Waals surface area contributed by atoms with E-state index in [-0.39, 0.29) is 0 Å². The summed E-state index contributed by atoms with van der Waals surface area (Å²) in [6.45, 7) is 0. The first kappa shape index (κ1) is 44.2. The highest BCUT2D eigenvalue weighted by Crippen LogP contribution is 2.45. The molecule has 0 unspecified atom stereocenters. The average molecular weight is 969 g/mol. The lowest BCUT2D eigenvalue weighted by atomic mass is 9.94. The van der Waals surface area contributed by atoms with Gasteiger partial charge in [-0.3, -0.25) is 0 Å². The molecule has 0 amide bonds. The number of nitrogens with zero attached hydrogens (tertiary/aromatic N) is 6. The molecule has 0 atom stereocenters. The summed E-state index contributed by atoms with van der Waals surface area (Å²) in [5.41, 5.74) is 18.1. The standard InChI is InChI=1S/C70H44N6/c71-45-46-18-17-27-51(40-46)54-32-36-58(67(44-54)76-63-31-16-14-29-57(63)60-42-53(34-38-66(60)76)48-21-7-2-8-22-48)61-43-55(70-73-68(49-23-9-3-10-24-49)72-69(74-70)50-25-11-4-12-26-50)35-39-65(61)75-62-30-15-13-28-56(62)59-41-52(33-37-64(59)75)47-19-5-1-6-20-47/h1-44H. The Balaban J connectivity index is 1.08. The zero-order valence-electron chi connectivity index (χ0n) is 41.1. The van der Waals surface area contributed by atoms with Gasteiger partial charge in [-0.2, -0.15) is 5.26 Å². The Morgan fingerprint density at radius 2 is 0.671 bits per heavy atom. The normalized spacial score (nSPS) is 11.4. The number of fused-ring (bicyclic) bond motifs is 6. The third kappa shape index (κ3) is 7.70. The molecule has 14 aromatic rings. The van der Waals surface area contributed by atoms with Crippen LogP contribution in [0.3, 0.4) is 0 Å². The van der Waals surface area contributed by atoms with Crippen LogP contribution in [-0.2, 0) is 0 Å². The van der Waals surface area contributed by atoms with E-state index in [2.05, 4.69) is 203 Å². The number of hydrogen-bond donors (Lipinski definition) is 0. The Labute approximate surface area is 439 Å². The van der Waals surface area contributed by atoms with E-state index in [4.69, 9.17) is 15.0 Å². The minimum atomic E-state index is 0.562. The van der Waals surface area contributed by atoms with Crippen molar-refractivity contribution in [3.8, 4) is 96.1 Å². The number of rotatable bonds is 9. The van der Waals surface area contributed by atoms with Gasteiger partial charge in [0, 0.05) is 49.4 Å². The SMILES string of the molecule is N#Cc1cccc(-c2ccc(-c3cc(-c4nc(-c5ccccc5)nc(-c5ccccc5)n4)ccc3-n3c4ccccc4c4cc(-c5ccccc5)ccc43)c(-n3c4ccccc4c4cc(-c5ccccc5)ccc43)c2)c1. The average Bonchev–Trinajstić information content (AvgIpc) is 4.02. The first-order valence-electron chi connectivity index (χ1n) is 25.5. The van der Waals surface area contributed by atoms with Crippen LogP contribution in [0.25, 0.3) is 134 Å². The second kappa shape index (κ2) is 18.5. The van der Waals surface area contributed by atoms with Crippen LogP contribution in [0, 0.1) is 11.3 Å². The van der Waals surface area contributed by atoms with Gasteiger partial charge in [-0.05, 0) is 106 Å². The number of para-hydroxylation sites is 2. The van der Waals surface area contributed by atoms with Crippen LogP contribution in [0.2, 0.25) is 0 Å². The van der Waals surface area contributed by atoms with Gasteiger partial charge in [0.25, 0.3) is 0 Å². The topological polar surface area (TPSA) is 72.3 Å². The first-order valence-corrected chi connectivity index (χ1v) is 25.5.